The average Bonchev–Trinajstić information content (AvgIpc) is 2.60. The molecule has 130 valence electrons. The smallest absolute Gasteiger partial charge is 0.191 e. The minimum Gasteiger partial charge on any atom is -0.380 e. The number of benzene rings is 2. The van der Waals surface area contributed by atoms with Crippen molar-refractivity contribution in [2.75, 3.05) is 13.7 Å². The van der Waals surface area contributed by atoms with Gasteiger partial charge in [-0.15, -0.1) is 24.0 Å². The van der Waals surface area contributed by atoms with Gasteiger partial charge in [-0.05, 0) is 23.6 Å². The van der Waals surface area contributed by atoms with Gasteiger partial charge in [0.15, 0.2) is 5.96 Å². The molecule has 0 aromatic heterocycles. The van der Waals surface area contributed by atoms with Crippen LogP contribution in [0.1, 0.15) is 23.6 Å². The summed E-state index contributed by atoms with van der Waals surface area (Å²) in [5.41, 5.74) is 3.60. The number of halogens is 1. The molecule has 0 atom stereocenters. The Bertz CT molecular complexity index is 600. The standard InChI is InChI=1S/C19H25N3O.HI/c1-3-20-19(21-13-16-7-5-4-6-8-16)22-14-17-9-11-18(12-10-17)15-23-2;/h4-12H,3,13-15H2,1-2H3,(H2,20,21,22);1H. The van der Waals surface area contributed by atoms with Gasteiger partial charge in [0.05, 0.1) is 13.2 Å². The predicted molar refractivity (Wildman–Crippen MR) is 111 cm³/mol. The number of rotatable bonds is 7. The second kappa shape index (κ2) is 11.9. The summed E-state index contributed by atoms with van der Waals surface area (Å²) in [5, 5.41) is 6.64. The monoisotopic (exact) mass is 439 g/mol. The fourth-order valence-electron chi connectivity index (χ4n) is 2.20. The van der Waals surface area contributed by atoms with E-state index in [1.54, 1.807) is 7.11 Å². The Morgan fingerprint density at radius 2 is 1.58 bits per heavy atom. The molecule has 0 saturated heterocycles. The molecule has 0 fully saturated rings. The lowest BCUT2D eigenvalue weighted by Gasteiger charge is -2.12. The quantitative estimate of drug-likeness (QED) is 0.393. The van der Waals surface area contributed by atoms with E-state index in [0.717, 1.165) is 19.0 Å². The SMILES string of the molecule is CCNC(=NCc1ccccc1)NCc1ccc(COC)cc1.I. The van der Waals surface area contributed by atoms with Crippen LogP contribution >= 0.6 is 24.0 Å². The van der Waals surface area contributed by atoms with Crippen molar-refractivity contribution in [1.82, 2.24) is 10.6 Å². The van der Waals surface area contributed by atoms with Crippen molar-refractivity contribution >= 4 is 29.9 Å². The molecule has 0 saturated carbocycles. The summed E-state index contributed by atoms with van der Waals surface area (Å²) in [6, 6.07) is 18.7. The van der Waals surface area contributed by atoms with E-state index >= 15 is 0 Å². The van der Waals surface area contributed by atoms with Crippen LogP contribution in [0.25, 0.3) is 0 Å². The molecule has 0 spiro atoms. The lowest BCUT2D eigenvalue weighted by atomic mass is 10.1. The predicted octanol–water partition coefficient (Wildman–Crippen LogP) is 3.71. The number of methoxy groups -OCH3 is 1. The van der Waals surface area contributed by atoms with E-state index in [4.69, 9.17) is 4.74 Å². The minimum atomic E-state index is 0. The van der Waals surface area contributed by atoms with E-state index < -0.39 is 0 Å². The van der Waals surface area contributed by atoms with Gasteiger partial charge < -0.3 is 15.4 Å². The highest BCUT2D eigenvalue weighted by Gasteiger charge is 1.99. The summed E-state index contributed by atoms with van der Waals surface area (Å²) >= 11 is 0. The Labute approximate surface area is 161 Å². The van der Waals surface area contributed by atoms with Crippen molar-refractivity contribution in [3.05, 3.63) is 71.3 Å². The molecule has 0 unspecified atom stereocenters. The number of nitrogens with one attached hydrogen (secondary N) is 2. The minimum absolute atomic E-state index is 0. The first-order chi connectivity index (χ1) is 11.3. The number of hydrogen-bond donors (Lipinski definition) is 2. The molecule has 0 amide bonds. The van der Waals surface area contributed by atoms with Gasteiger partial charge in [0.25, 0.3) is 0 Å². The maximum atomic E-state index is 5.13. The first kappa shape index (κ1) is 20.4. The van der Waals surface area contributed by atoms with Gasteiger partial charge in [-0.25, -0.2) is 4.99 Å². The molecule has 0 aliphatic rings. The number of guanidine groups is 1. The van der Waals surface area contributed by atoms with Crippen molar-refractivity contribution in [3.8, 4) is 0 Å². The molecule has 2 rings (SSSR count). The third-order valence-electron chi connectivity index (χ3n) is 3.40. The summed E-state index contributed by atoms with van der Waals surface area (Å²) in [5.74, 6) is 0.831. The van der Waals surface area contributed by atoms with E-state index in [1.807, 2.05) is 18.2 Å². The normalized spacial score (nSPS) is 10.8. The first-order valence-corrected chi connectivity index (χ1v) is 7.94. The van der Waals surface area contributed by atoms with Gasteiger partial charge in [-0.1, -0.05) is 54.6 Å². The van der Waals surface area contributed by atoms with Crippen molar-refractivity contribution in [3.63, 3.8) is 0 Å². The van der Waals surface area contributed by atoms with Crippen molar-refractivity contribution < 1.29 is 4.74 Å². The van der Waals surface area contributed by atoms with Gasteiger partial charge in [0.2, 0.25) is 0 Å². The molecular formula is C19H26IN3O. The van der Waals surface area contributed by atoms with Crippen molar-refractivity contribution in [1.29, 1.82) is 0 Å². The molecule has 0 bridgehead atoms. The van der Waals surface area contributed by atoms with Crippen LogP contribution in [0.15, 0.2) is 59.6 Å². The molecule has 0 heterocycles. The Balaban J connectivity index is 0.00000288. The zero-order chi connectivity index (χ0) is 16.3. The average molecular weight is 439 g/mol. The summed E-state index contributed by atoms with van der Waals surface area (Å²) < 4.78 is 5.13. The summed E-state index contributed by atoms with van der Waals surface area (Å²) in [4.78, 5) is 4.62. The molecule has 0 radical (unpaired) electrons. The lowest BCUT2D eigenvalue weighted by Crippen LogP contribution is -2.36. The number of aliphatic imine (C=N–C) groups is 1. The summed E-state index contributed by atoms with van der Waals surface area (Å²) in [7, 11) is 1.71. The van der Waals surface area contributed by atoms with Gasteiger partial charge in [-0.2, -0.15) is 0 Å². The van der Waals surface area contributed by atoms with Crippen LogP contribution in [0, 0.1) is 0 Å². The highest BCUT2D eigenvalue weighted by Crippen LogP contribution is 2.05. The molecule has 0 aliphatic carbocycles. The second-order valence-corrected chi connectivity index (χ2v) is 5.28. The fourth-order valence-corrected chi connectivity index (χ4v) is 2.20. The van der Waals surface area contributed by atoms with Gasteiger partial charge >= 0.3 is 0 Å². The maximum Gasteiger partial charge on any atom is 0.191 e. The largest absolute Gasteiger partial charge is 0.380 e. The lowest BCUT2D eigenvalue weighted by molar-refractivity contribution is 0.185. The maximum absolute atomic E-state index is 5.13. The zero-order valence-electron chi connectivity index (χ0n) is 14.3. The highest BCUT2D eigenvalue weighted by atomic mass is 127. The Hall–Kier alpha value is -1.60. The van der Waals surface area contributed by atoms with E-state index in [-0.39, 0.29) is 24.0 Å². The number of ether oxygens (including phenoxy) is 1. The fraction of sp³-hybridized carbons (Fsp3) is 0.316. The Morgan fingerprint density at radius 1 is 0.917 bits per heavy atom. The van der Waals surface area contributed by atoms with Crippen LogP contribution in [-0.4, -0.2) is 19.6 Å². The van der Waals surface area contributed by atoms with Crippen LogP contribution in [0.4, 0.5) is 0 Å². The molecule has 5 heteroatoms. The number of hydrogen-bond acceptors (Lipinski definition) is 2. The van der Waals surface area contributed by atoms with Crippen LogP contribution < -0.4 is 10.6 Å². The van der Waals surface area contributed by atoms with Gasteiger partial charge in [-0.3, -0.25) is 0 Å². The molecule has 2 N–H and O–H groups in total. The van der Waals surface area contributed by atoms with E-state index in [0.29, 0.717) is 13.2 Å². The molecule has 4 nitrogen and oxygen atoms in total. The Morgan fingerprint density at radius 3 is 2.21 bits per heavy atom. The Kier molecular flexibility index (Phi) is 10.1. The van der Waals surface area contributed by atoms with Gasteiger partial charge in [0, 0.05) is 20.2 Å². The van der Waals surface area contributed by atoms with E-state index in [9.17, 15) is 0 Å². The zero-order valence-corrected chi connectivity index (χ0v) is 16.6. The van der Waals surface area contributed by atoms with Crippen LogP contribution in [0.2, 0.25) is 0 Å². The molecule has 0 aliphatic heterocycles. The van der Waals surface area contributed by atoms with Crippen LogP contribution in [0.3, 0.4) is 0 Å². The van der Waals surface area contributed by atoms with Gasteiger partial charge in [0.1, 0.15) is 0 Å². The first-order valence-electron chi connectivity index (χ1n) is 7.94. The molecular weight excluding hydrogens is 413 g/mol. The summed E-state index contributed by atoms with van der Waals surface area (Å²) in [6.07, 6.45) is 0. The molecule has 24 heavy (non-hydrogen) atoms. The third-order valence-corrected chi connectivity index (χ3v) is 3.40. The highest BCUT2D eigenvalue weighted by molar-refractivity contribution is 14.0. The van der Waals surface area contributed by atoms with Crippen molar-refractivity contribution in [2.45, 2.75) is 26.6 Å². The van der Waals surface area contributed by atoms with E-state index in [1.165, 1.54) is 16.7 Å². The molecule has 2 aromatic carbocycles. The van der Waals surface area contributed by atoms with Crippen LogP contribution in [-0.2, 0) is 24.4 Å². The third kappa shape index (κ3) is 7.31. The topological polar surface area (TPSA) is 45.7 Å². The van der Waals surface area contributed by atoms with Crippen molar-refractivity contribution in [2.24, 2.45) is 4.99 Å². The number of nitrogens with zero attached hydrogens (tertiary/aromatic N) is 1. The van der Waals surface area contributed by atoms with Crippen LogP contribution in [0.5, 0.6) is 0 Å². The van der Waals surface area contributed by atoms with E-state index in [2.05, 4.69) is 58.9 Å². The second-order valence-electron chi connectivity index (χ2n) is 5.28. The summed E-state index contributed by atoms with van der Waals surface area (Å²) in [6.45, 7) is 4.97. The molecule has 2 aromatic rings.